The van der Waals surface area contributed by atoms with Crippen LogP contribution in [0, 0.1) is 5.82 Å². The summed E-state index contributed by atoms with van der Waals surface area (Å²) in [7, 11) is 1.73. The lowest BCUT2D eigenvalue weighted by Crippen LogP contribution is -2.44. The van der Waals surface area contributed by atoms with Crippen molar-refractivity contribution in [2.24, 2.45) is 7.05 Å². The van der Waals surface area contributed by atoms with Crippen LogP contribution in [-0.2, 0) is 7.05 Å². The van der Waals surface area contributed by atoms with Gasteiger partial charge in [-0.05, 0) is 31.4 Å². The number of halogens is 1. The molecule has 0 aliphatic carbocycles. The van der Waals surface area contributed by atoms with Gasteiger partial charge < -0.3 is 14.2 Å². The number of nitrogens with zero attached hydrogens (tertiary/aromatic N) is 3. The predicted molar refractivity (Wildman–Crippen MR) is 91.0 cm³/mol. The van der Waals surface area contributed by atoms with Crippen LogP contribution in [0.4, 0.5) is 10.2 Å². The van der Waals surface area contributed by atoms with Gasteiger partial charge in [0.1, 0.15) is 0 Å². The third kappa shape index (κ3) is 3.58. The topological polar surface area (TPSA) is 47.4 Å². The molecule has 1 aliphatic heterocycles. The molecule has 1 aliphatic rings. The van der Waals surface area contributed by atoms with Gasteiger partial charge in [-0.2, -0.15) is 0 Å². The van der Waals surface area contributed by atoms with Gasteiger partial charge in [-0.1, -0.05) is 12.1 Å². The Balaban J connectivity index is 1.68. The van der Waals surface area contributed by atoms with E-state index in [4.69, 9.17) is 4.74 Å². The van der Waals surface area contributed by atoms with Crippen LogP contribution in [0.15, 0.2) is 41.5 Å². The zero-order valence-corrected chi connectivity index (χ0v) is 13.8. The van der Waals surface area contributed by atoms with Gasteiger partial charge >= 0.3 is 0 Å². The number of aromatic nitrogens is 2. The highest BCUT2D eigenvalue weighted by Crippen LogP contribution is 2.23. The molecule has 0 spiro atoms. The lowest BCUT2D eigenvalue weighted by Gasteiger charge is -2.36. The second kappa shape index (κ2) is 7.47. The van der Waals surface area contributed by atoms with E-state index in [-0.39, 0.29) is 23.2 Å². The Hall–Kier alpha value is -2.37. The molecular weight excluding hydrogens is 309 g/mol. The minimum Gasteiger partial charge on any atom is -0.490 e. The van der Waals surface area contributed by atoms with Crippen LogP contribution in [0.3, 0.4) is 0 Å². The molecule has 2 aromatic rings. The van der Waals surface area contributed by atoms with E-state index in [1.807, 2.05) is 0 Å². The predicted octanol–water partition coefficient (Wildman–Crippen LogP) is 2.75. The summed E-state index contributed by atoms with van der Waals surface area (Å²) in [6, 6.07) is 6.60. The average Bonchev–Trinajstić information content (AvgIpc) is 2.60. The van der Waals surface area contributed by atoms with E-state index >= 15 is 0 Å². The quantitative estimate of drug-likeness (QED) is 0.845. The molecule has 128 valence electrons. The smallest absolute Gasteiger partial charge is 0.293 e. The molecule has 1 aromatic heterocycles. The van der Waals surface area contributed by atoms with E-state index in [0.29, 0.717) is 12.4 Å². The maximum absolute atomic E-state index is 13.6. The number of rotatable bonds is 5. The minimum absolute atomic E-state index is 0.0839. The number of aryl methyl sites for hydroxylation is 1. The fourth-order valence-electron chi connectivity index (χ4n) is 3.13. The van der Waals surface area contributed by atoms with Gasteiger partial charge in [-0.25, -0.2) is 9.37 Å². The van der Waals surface area contributed by atoms with Crippen molar-refractivity contribution in [2.75, 3.05) is 18.1 Å². The minimum atomic E-state index is -0.350. The summed E-state index contributed by atoms with van der Waals surface area (Å²) in [6.45, 7) is 1.23. The molecule has 1 atom stereocenters. The van der Waals surface area contributed by atoms with Crippen LogP contribution >= 0.6 is 0 Å². The molecule has 1 unspecified atom stereocenters. The van der Waals surface area contributed by atoms with Gasteiger partial charge in [0.05, 0.1) is 6.61 Å². The molecule has 1 aromatic carbocycles. The number of anilines is 1. The van der Waals surface area contributed by atoms with Gasteiger partial charge in [0.25, 0.3) is 5.56 Å². The normalized spacial score (nSPS) is 17.8. The molecule has 3 rings (SSSR count). The van der Waals surface area contributed by atoms with Crippen molar-refractivity contribution in [3.63, 3.8) is 0 Å². The molecule has 5 nitrogen and oxygen atoms in total. The molecule has 0 saturated carbocycles. The second-order valence-corrected chi connectivity index (χ2v) is 6.08. The summed E-state index contributed by atoms with van der Waals surface area (Å²) in [6.07, 6.45) is 7.19. The molecule has 1 fully saturated rings. The highest BCUT2D eigenvalue weighted by molar-refractivity contribution is 5.37. The highest BCUT2D eigenvalue weighted by Gasteiger charge is 2.25. The van der Waals surface area contributed by atoms with Crippen molar-refractivity contribution in [2.45, 2.75) is 31.7 Å². The number of hydrogen-bond acceptors (Lipinski definition) is 4. The van der Waals surface area contributed by atoms with Crippen LogP contribution in [0.25, 0.3) is 0 Å². The summed E-state index contributed by atoms with van der Waals surface area (Å²) in [4.78, 5) is 18.7. The Morgan fingerprint density at radius 2 is 2.17 bits per heavy atom. The Labute approximate surface area is 140 Å². The van der Waals surface area contributed by atoms with Gasteiger partial charge in [-0.15, -0.1) is 0 Å². The van der Waals surface area contributed by atoms with Gasteiger partial charge in [0.2, 0.25) is 0 Å². The summed E-state index contributed by atoms with van der Waals surface area (Å²) < 4.78 is 20.7. The first-order chi connectivity index (χ1) is 11.7. The standard InChI is InChI=1S/C18H22FN3O2/c1-21-12-10-20-17(18(21)23)22-11-5-4-6-14(22)9-13-24-16-8-3-2-7-15(16)19/h2-3,7-8,10,12,14H,4-6,9,11,13H2,1H3. The largest absolute Gasteiger partial charge is 0.490 e. The molecule has 0 N–H and O–H groups in total. The zero-order chi connectivity index (χ0) is 16.9. The molecule has 6 heteroatoms. The van der Waals surface area contributed by atoms with Crippen LogP contribution in [0.1, 0.15) is 25.7 Å². The molecule has 24 heavy (non-hydrogen) atoms. The van der Waals surface area contributed by atoms with E-state index in [1.54, 1.807) is 42.2 Å². The molecule has 0 bridgehead atoms. The summed E-state index contributed by atoms with van der Waals surface area (Å²) in [5, 5.41) is 0. The van der Waals surface area contributed by atoms with Crippen molar-refractivity contribution in [3.05, 3.63) is 52.8 Å². The summed E-state index contributed by atoms with van der Waals surface area (Å²) in [5.74, 6) is 0.417. The zero-order valence-electron chi connectivity index (χ0n) is 13.8. The number of hydrogen-bond donors (Lipinski definition) is 0. The van der Waals surface area contributed by atoms with E-state index in [2.05, 4.69) is 9.88 Å². The molecule has 2 heterocycles. The Bertz CT molecular complexity index is 747. The second-order valence-electron chi connectivity index (χ2n) is 6.08. The third-order valence-corrected chi connectivity index (χ3v) is 4.44. The van der Waals surface area contributed by atoms with Crippen molar-refractivity contribution < 1.29 is 9.13 Å². The Kier molecular flexibility index (Phi) is 5.13. The average molecular weight is 331 g/mol. The van der Waals surface area contributed by atoms with Crippen LogP contribution < -0.4 is 15.2 Å². The first-order valence-corrected chi connectivity index (χ1v) is 8.32. The lowest BCUT2D eigenvalue weighted by atomic mass is 10.00. The van der Waals surface area contributed by atoms with Gasteiger partial charge in [0.15, 0.2) is 17.4 Å². The fraction of sp³-hybridized carbons (Fsp3) is 0.444. The fourth-order valence-corrected chi connectivity index (χ4v) is 3.13. The molecular formula is C18H22FN3O2. The number of para-hydroxylation sites is 1. The van der Waals surface area contributed by atoms with Gasteiger partial charge in [-0.3, -0.25) is 4.79 Å². The number of ether oxygens (including phenoxy) is 1. The summed E-state index contributed by atoms with van der Waals surface area (Å²) in [5.41, 5.74) is -0.0839. The first kappa shape index (κ1) is 16.5. The highest BCUT2D eigenvalue weighted by atomic mass is 19.1. The first-order valence-electron chi connectivity index (χ1n) is 8.32. The monoisotopic (exact) mass is 331 g/mol. The van der Waals surface area contributed by atoms with Crippen molar-refractivity contribution in [1.82, 2.24) is 9.55 Å². The molecule has 0 amide bonds. The maximum Gasteiger partial charge on any atom is 0.293 e. The maximum atomic E-state index is 13.6. The van der Waals surface area contributed by atoms with Crippen molar-refractivity contribution in [3.8, 4) is 5.75 Å². The van der Waals surface area contributed by atoms with Crippen LogP contribution in [0.5, 0.6) is 5.75 Å². The van der Waals surface area contributed by atoms with E-state index in [0.717, 1.165) is 32.2 Å². The van der Waals surface area contributed by atoms with E-state index < -0.39 is 0 Å². The number of benzene rings is 1. The third-order valence-electron chi connectivity index (χ3n) is 4.44. The van der Waals surface area contributed by atoms with Crippen molar-refractivity contribution >= 4 is 5.82 Å². The van der Waals surface area contributed by atoms with Crippen molar-refractivity contribution in [1.29, 1.82) is 0 Å². The number of piperidine rings is 1. The Morgan fingerprint density at radius 1 is 1.33 bits per heavy atom. The Morgan fingerprint density at radius 3 is 3.00 bits per heavy atom. The SMILES string of the molecule is Cn1ccnc(N2CCCCC2CCOc2ccccc2F)c1=O. The lowest BCUT2D eigenvalue weighted by molar-refractivity contribution is 0.270. The van der Waals surface area contributed by atoms with E-state index in [9.17, 15) is 9.18 Å². The molecule has 0 radical (unpaired) electrons. The van der Waals surface area contributed by atoms with Crippen LogP contribution in [-0.4, -0.2) is 28.7 Å². The van der Waals surface area contributed by atoms with Crippen LogP contribution in [0.2, 0.25) is 0 Å². The van der Waals surface area contributed by atoms with E-state index in [1.165, 1.54) is 6.07 Å². The summed E-state index contributed by atoms with van der Waals surface area (Å²) >= 11 is 0. The van der Waals surface area contributed by atoms with Gasteiger partial charge in [0, 0.05) is 38.4 Å². The molecule has 1 saturated heterocycles.